The van der Waals surface area contributed by atoms with Crippen molar-refractivity contribution in [2.24, 2.45) is 5.73 Å². The van der Waals surface area contributed by atoms with Crippen LogP contribution in [0, 0.1) is 0 Å². The fourth-order valence-corrected chi connectivity index (χ4v) is 1.47. The van der Waals surface area contributed by atoms with Crippen LogP contribution in [-0.4, -0.2) is 25.8 Å². The molecule has 2 N–H and O–H groups in total. The van der Waals surface area contributed by atoms with Gasteiger partial charge in [-0.15, -0.1) is 0 Å². The molecule has 0 aliphatic rings. The number of nitrogens with two attached hydrogens (primary N) is 1. The van der Waals surface area contributed by atoms with Gasteiger partial charge in [-0.3, -0.25) is 4.98 Å². The summed E-state index contributed by atoms with van der Waals surface area (Å²) in [7, 11) is 3.32. The smallest absolute Gasteiger partial charge is 0.141 e. The first-order valence-electron chi connectivity index (χ1n) is 5.02. The highest BCUT2D eigenvalue weighted by molar-refractivity contribution is 5.32. The minimum Gasteiger partial charge on any atom is -0.495 e. The van der Waals surface area contributed by atoms with Gasteiger partial charge in [0.2, 0.25) is 0 Å². The molecule has 0 aliphatic heterocycles. The molecule has 0 fully saturated rings. The third-order valence-electron chi connectivity index (χ3n) is 2.30. The monoisotopic (exact) mass is 210 g/mol. The van der Waals surface area contributed by atoms with Crippen molar-refractivity contribution in [2.75, 3.05) is 20.8 Å². The normalized spacial score (nSPS) is 12.5. The predicted molar refractivity (Wildman–Crippen MR) is 58.8 cm³/mol. The van der Waals surface area contributed by atoms with Gasteiger partial charge in [-0.2, -0.15) is 0 Å². The highest BCUT2D eigenvalue weighted by Gasteiger charge is 2.10. The Morgan fingerprint density at radius 3 is 2.93 bits per heavy atom. The third-order valence-corrected chi connectivity index (χ3v) is 2.30. The van der Waals surface area contributed by atoms with Gasteiger partial charge in [-0.05, 0) is 18.9 Å². The number of methoxy groups -OCH3 is 2. The minimum absolute atomic E-state index is 0.0156. The summed E-state index contributed by atoms with van der Waals surface area (Å²) in [4.78, 5) is 3.99. The first-order chi connectivity index (χ1) is 7.29. The van der Waals surface area contributed by atoms with Gasteiger partial charge >= 0.3 is 0 Å². The fraction of sp³-hybridized carbons (Fsp3) is 0.545. The van der Waals surface area contributed by atoms with E-state index in [-0.39, 0.29) is 6.04 Å². The van der Waals surface area contributed by atoms with E-state index in [9.17, 15) is 0 Å². The zero-order chi connectivity index (χ0) is 11.1. The average Bonchev–Trinajstić information content (AvgIpc) is 2.29. The molecule has 1 atom stereocenters. The number of pyridine rings is 1. The lowest BCUT2D eigenvalue weighted by molar-refractivity contribution is 0.190. The molecule has 4 heteroatoms. The van der Waals surface area contributed by atoms with Crippen LogP contribution in [-0.2, 0) is 4.74 Å². The first-order valence-corrected chi connectivity index (χ1v) is 5.02. The highest BCUT2D eigenvalue weighted by atomic mass is 16.5. The average molecular weight is 210 g/mol. The summed E-state index contributed by atoms with van der Waals surface area (Å²) in [6.45, 7) is 0.737. The zero-order valence-electron chi connectivity index (χ0n) is 9.27. The number of rotatable bonds is 6. The summed E-state index contributed by atoms with van der Waals surface area (Å²) in [5, 5.41) is 0. The number of hydrogen-bond acceptors (Lipinski definition) is 4. The molecule has 1 aromatic heterocycles. The molecule has 15 heavy (non-hydrogen) atoms. The van der Waals surface area contributed by atoms with E-state index in [2.05, 4.69) is 4.98 Å². The lowest BCUT2D eigenvalue weighted by Gasteiger charge is -2.14. The maximum absolute atomic E-state index is 6.05. The second-order valence-corrected chi connectivity index (χ2v) is 3.36. The summed E-state index contributed by atoms with van der Waals surface area (Å²) >= 11 is 0. The lowest BCUT2D eigenvalue weighted by Crippen LogP contribution is -2.12. The summed E-state index contributed by atoms with van der Waals surface area (Å²) in [5.74, 6) is 0.752. The highest BCUT2D eigenvalue weighted by Crippen LogP contribution is 2.24. The van der Waals surface area contributed by atoms with Crippen molar-refractivity contribution in [1.82, 2.24) is 4.98 Å². The van der Waals surface area contributed by atoms with E-state index in [1.54, 1.807) is 26.6 Å². The summed E-state index contributed by atoms with van der Waals surface area (Å²) in [6, 6.07) is 1.88. The lowest BCUT2D eigenvalue weighted by atomic mass is 10.0. The molecular formula is C11H18N2O2. The Labute approximate surface area is 90.4 Å². The van der Waals surface area contributed by atoms with Crippen molar-refractivity contribution in [3.63, 3.8) is 0 Å². The second kappa shape index (κ2) is 6.37. The van der Waals surface area contributed by atoms with Gasteiger partial charge in [0.15, 0.2) is 0 Å². The van der Waals surface area contributed by atoms with E-state index in [4.69, 9.17) is 15.2 Å². The van der Waals surface area contributed by atoms with Gasteiger partial charge in [0.1, 0.15) is 5.75 Å². The quantitative estimate of drug-likeness (QED) is 0.723. The topological polar surface area (TPSA) is 57.4 Å². The van der Waals surface area contributed by atoms with Crippen molar-refractivity contribution >= 4 is 0 Å². The Morgan fingerprint density at radius 2 is 2.27 bits per heavy atom. The van der Waals surface area contributed by atoms with Crippen molar-refractivity contribution in [2.45, 2.75) is 18.9 Å². The third kappa shape index (κ3) is 3.49. The van der Waals surface area contributed by atoms with E-state index < -0.39 is 0 Å². The van der Waals surface area contributed by atoms with Crippen LogP contribution in [0.15, 0.2) is 18.5 Å². The Kier molecular flexibility index (Phi) is 5.07. The Bertz CT molecular complexity index is 292. The van der Waals surface area contributed by atoms with E-state index in [0.29, 0.717) is 0 Å². The van der Waals surface area contributed by atoms with Crippen LogP contribution in [0.3, 0.4) is 0 Å². The van der Waals surface area contributed by atoms with Gasteiger partial charge < -0.3 is 15.2 Å². The maximum atomic E-state index is 6.05. The van der Waals surface area contributed by atoms with E-state index in [1.165, 1.54) is 0 Å². The summed E-state index contributed by atoms with van der Waals surface area (Å²) in [6.07, 6.45) is 5.25. The van der Waals surface area contributed by atoms with E-state index in [1.807, 2.05) is 6.07 Å². The molecule has 0 aliphatic carbocycles. The van der Waals surface area contributed by atoms with Crippen LogP contribution in [0.25, 0.3) is 0 Å². The van der Waals surface area contributed by atoms with Crippen molar-refractivity contribution in [3.05, 3.63) is 24.0 Å². The molecule has 1 heterocycles. The number of hydrogen-bond donors (Lipinski definition) is 1. The van der Waals surface area contributed by atoms with Crippen LogP contribution in [0.5, 0.6) is 5.75 Å². The minimum atomic E-state index is -0.0156. The van der Waals surface area contributed by atoms with Crippen LogP contribution < -0.4 is 10.5 Å². The molecule has 84 valence electrons. The SMILES string of the molecule is COCCCC(N)c1ccncc1OC. The largest absolute Gasteiger partial charge is 0.495 e. The number of ether oxygens (including phenoxy) is 2. The Morgan fingerprint density at radius 1 is 1.47 bits per heavy atom. The molecular weight excluding hydrogens is 192 g/mol. The maximum Gasteiger partial charge on any atom is 0.141 e. The second-order valence-electron chi connectivity index (χ2n) is 3.36. The molecule has 4 nitrogen and oxygen atoms in total. The predicted octanol–water partition coefficient (Wildman–Crippen LogP) is 1.52. The van der Waals surface area contributed by atoms with Gasteiger partial charge in [0, 0.05) is 31.5 Å². The molecule has 0 amide bonds. The van der Waals surface area contributed by atoms with E-state index >= 15 is 0 Å². The zero-order valence-corrected chi connectivity index (χ0v) is 9.27. The van der Waals surface area contributed by atoms with Crippen LogP contribution in [0.1, 0.15) is 24.4 Å². The molecule has 0 spiro atoms. The molecule has 0 bridgehead atoms. The number of aromatic nitrogens is 1. The molecule has 0 saturated carbocycles. The summed E-state index contributed by atoms with van der Waals surface area (Å²) in [5.41, 5.74) is 7.05. The standard InChI is InChI=1S/C11H18N2O2/c1-14-7-3-4-10(12)9-5-6-13-8-11(9)15-2/h5-6,8,10H,3-4,7,12H2,1-2H3. The Hall–Kier alpha value is -1.13. The van der Waals surface area contributed by atoms with Gasteiger partial charge in [-0.1, -0.05) is 0 Å². The van der Waals surface area contributed by atoms with Crippen molar-refractivity contribution in [1.29, 1.82) is 0 Å². The first kappa shape index (κ1) is 11.9. The van der Waals surface area contributed by atoms with E-state index in [0.717, 1.165) is 30.8 Å². The van der Waals surface area contributed by atoms with Crippen molar-refractivity contribution in [3.8, 4) is 5.75 Å². The Balaban J connectivity index is 2.59. The van der Waals surface area contributed by atoms with Gasteiger partial charge in [0.05, 0.1) is 13.3 Å². The van der Waals surface area contributed by atoms with Crippen LogP contribution >= 0.6 is 0 Å². The van der Waals surface area contributed by atoms with Crippen LogP contribution in [0.4, 0.5) is 0 Å². The van der Waals surface area contributed by atoms with Crippen molar-refractivity contribution < 1.29 is 9.47 Å². The number of nitrogens with zero attached hydrogens (tertiary/aromatic N) is 1. The van der Waals surface area contributed by atoms with Crippen LogP contribution in [0.2, 0.25) is 0 Å². The molecule has 0 saturated heterocycles. The molecule has 1 rings (SSSR count). The van der Waals surface area contributed by atoms with Gasteiger partial charge in [0.25, 0.3) is 0 Å². The summed E-state index contributed by atoms with van der Waals surface area (Å²) < 4.78 is 10.2. The molecule has 1 unspecified atom stereocenters. The molecule has 0 radical (unpaired) electrons. The van der Waals surface area contributed by atoms with Gasteiger partial charge in [-0.25, -0.2) is 0 Å². The molecule has 0 aromatic carbocycles. The fourth-order valence-electron chi connectivity index (χ4n) is 1.47. The molecule has 1 aromatic rings.